The minimum Gasteiger partial charge on any atom is -0.490 e. The van der Waals surface area contributed by atoms with Gasteiger partial charge in [0, 0.05) is 16.1 Å². The molecular formula is C30H25BrF2N2O5S. The van der Waals surface area contributed by atoms with Crippen molar-refractivity contribution < 1.29 is 32.6 Å². The summed E-state index contributed by atoms with van der Waals surface area (Å²) in [7, 11) is 0. The number of carbonyl (C=O) groups excluding carboxylic acids is 3. The molecule has 3 aromatic rings. The number of thioether (sulfide) groups is 1. The number of hydrogen-bond donors (Lipinski definition) is 1. The van der Waals surface area contributed by atoms with Crippen LogP contribution in [-0.4, -0.2) is 35.1 Å². The molecule has 3 aromatic carbocycles. The highest BCUT2D eigenvalue weighted by molar-refractivity contribution is 9.10. The average molecular weight is 644 g/mol. The zero-order valence-corrected chi connectivity index (χ0v) is 24.3. The standard InChI is InChI=1S/C30H25BrF2N2O5S/c1-3-5-20-12-19(13-25(39-4-2)28(20)40-17-18-6-8-21(31)9-7-18)14-26-29(37)35(30(38)41-26)16-27(36)34-24-11-10-22(32)15-23(24)33/h3,6-15H,1,4-5,16-17H2,2H3,(H,34,36)/b26-14-. The van der Waals surface area contributed by atoms with E-state index in [2.05, 4.69) is 27.8 Å². The van der Waals surface area contributed by atoms with E-state index in [4.69, 9.17) is 9.47 Å². The van der Waals surface area contributed by atoms with E-state index in [0.29, 0.717) is 54.5 Å². The average Bonchev–Trinajstić information content (AvgIpc) is 3.18. The largest absolute Gasteiger partial charge is 0.490 e. The Morgan fingerprint density at radius 3 is 2.54 bits per heavy atom. The Kier molecular flexibility index (Phi) is 9.95. The number of allylic oxidation sites excluding steroid dienone is 1. The van der Waals surface area contributed by atoms with Crippen LogP contribution in [0, 0.1) is 11.6 Å². The third-order valence-electron chi connectivity index (χ3n) is 5.79. The molecule has 0 saturated carbocycles. The maximum atomic E-state index is 13.9. The molecule has 0 unspecified atom stereocenters. The fourth-order valence-corrected chi connectivity index (χ4v) is 5.05. The number of nitrogens with zero attached hydrogens (tertiary/aromatic N) is 1. The molecule has 0 bridgehead atoms. The van der Waals surface area contributed by atoms with Gasteiger partial charge in [0.2, 0.25) is 5.91 Å². The van der Waals surface area contributed by atoms with Gasteiger partial charge in [0.25, 0.3) is 11.1 Å². The summed E-state index contributed by atoms with van der Waals surface area (Å²) in [6.07, 6.45) is 3.72. The Morgan fingerprint density at radius 1 is 1.10 bits per heavy atom. The Bertz CT molecular complexity index is 1530. The van der Waals surface area contributed by atoms with Gasteiger partial charge in [-0.1, -0.05) is 34.1 Å². The Balaban J connectivity index is 1.54. The highest BCUT2D eigenvalue weighted by atomic mass is 79.9. The molecule has 1 saturated heterocycles. The van der Waals surface area contributed by atoms with E-state index in [1.54, 1.807) is 12.1 Å². The molecule has 212 valence electrons. The summed E-state index contributed by atoms with van der Waals surface area (Å²) < 4.78 is 40.0. The molecule has 1 aliphatic rings. The van der Waals surface area contributed by atoms with Gasteiger partial charge in [-0.05, 0) is 78.7 Å². The van der Waals surface area contributed by atoms with Gasteiger partial charge in [0.1, 0.15) is 24.8 Å². The third kappa shape index (κ3) is 7.62. The van der Waals surface area contributed by atoms with Gasteiger partial charge in [-0.25, -0.2) is 8.78 Å². The number of halogens is 3. The van der Waals surface area contributed by atoms with Crippen LogP contribution < -0.4 is 14.8 Å². The lowest BCUT2D eigenvalue weighted by atomic mass is 10.0. The van der Waals surface area contributed by atoms with Gasteiger partial charge in [0.15, 0.2) is 11.5 Å². The second-order valence-electron chi connectivity index (χ2n) is 8.79. The first-order chi connectivity index (χ1) is 19.7. The van der Waals surface area contributed by atoms with Crippen molar-refractivity contribution in [1.82, 2.24) is 4.90 Å². The second-order valence-corrected chi connectivity index (χ2v) is 10.7. The third-order valence-corrected chi connectivity index (χ3v) is 7.23. The molecule has 0 aromatic heterocycles. The van der Waals surface area contributed by atoms with Crippen LogP contribution in [0.5, 0.6) is 11.5 Å². The summed E-state index contributed by atoms with van der Waals surface area (Å²) >= 11 is 4.10. The first-order valence-electron chi connectivity index (χ1n) is 12.5. The van der Waals surface area contributed by atoms with Gasteiger partial charge in [0.05, 0.1) is 17.2 Å². The summed E-state index contributed by atoms with van der Waals surface area (Å²) in [5, 5.41) is 1.60. The Morgan fingerprint density at radius 2 is 1.85 bits per heavy atom. The van der Waals surface area contributed by atoms with Crippen LogP contribution in [0.15, 0.2) is 76.6 Å². The zero-order chi connectivity index (χ0) is 29.5. The van der Waals surface area contributed by atoms with Crippen LogP contribution in [0.4, 0.5) is 19.3 Å². The molecule has 0 spiro atoms. The number of benzene rings is 3. The molecule has 0 aliphatic carbocycles. The molecule has 1 heterocycles. The van der Waals surface area contributed by atoms with Crippen molar-refractivity contribution in [3.8, 4) is 11.5 Å². The molecule has 0 atom stereocenters. The fourth-order valence-electron chi connectivity index (χ4n) is 3.95. The van der Waals surface area contributed by atoms with Gasteiger partial charge >= 0.3 is 0 Å². The number of hydrogen-bond acceptors (Lipinski definition) is 6. The molecule has 41 heavy (non-hydrogen) atoms. The van der Waals surface area contributed by atoms with E-state index in [1.807, 2.05) is 37.3 Å². The lowest BCUT2D eigenvalue weighted by Gasteiger charge is -2.17. The van der Waals surface area contributed by atoms with Crippen LogP contribution in [0.2, 0.25) is 0 Å². The van der Waals surface area contributed by atoms with E-state index < -0.39 is 35.2 Å². The Labute approximate surface area is 248 Å². The lowest BCUT2D eigenvalue weighted by Crippen LogP contribution is -2.36. The van der Waals surface area contributed by atoms with E-state index in [9.17, 15) is 23.2 Å². The molecule has 7 nitrogen and oxygen atoms in total. The van der Waals surface area contributed by atoms with E-state index in [0.717, 1.165) is 32.6 Å². The summed E-state index contributed by atoms with van der Waals surface area (Å²) in [4.78, 5) is 38.9. The van der Waals surface area contributed by atoms with Crippen LogP contribution in [-0.2, 0) is 22.6 Å². The van der Waals surface area contributed by atoms with Gasteiger partial charge < -0.3 is 14.8 Å². The Hall–Kier alpha value is -3.96. The lowest BCUT2D eigenvalue weighted by molar-refractivity contribution is -0.127. The van der Waals surface area contributed by atoms with Crippen LogP contribution in [0.25, 0.3) is 6.08 Å². The number of amides is 3. The van der Waals surface area contributed by atoms with E-state index >= 15 is 0 Å². The number of rotatable bonds is 11. The molecule has 0 radical (unpaired) electrons. The maximum absolute atomic E-state index is 13.9. The van der Waals surface area contributed by atoms with Crippen molar-refractivity contribution in [2.45, 2.75) is 20.0 Å². The van der Waals surface area contributed by atoms with Gasteiger partial charge in [-0.2, -0.15) is 0 Å². The number of anilines is 1. The van der Waals surface area contributed by atoms with Crippen molar-refractivity contribution in [1.29, 1.82) is 0 Å². The molecule has 3 amide bonds. The quantitative estimate of drug-likeness (QED) is 0.177. The first-order valence-corrected chi connectivity index (χ1v) is 14.1. The van der Waals surface area contributed by atoms with Crippen molar-refractivity contribution in [2.75, 3.05) is 18.5 Å². The summed E-state index contributed by atoms with van der Waals surface area (Å²) in [5.41, 5.74) is 2.06. The number of imide groups is 1. The summed E-state index contributed by atoms with van der Waals surface area (Å²) in [6.45, 7) is 5.71. The van der Waals surface area contributed by atoms with Crippen molar-refractivity contribution in [2.24, 2.45) is 0 Å². The number of carbonyl (C=O) groups is 3. The highest BCUT2D eigenvalue weighted by Gasteiger charge is 2.36. The van der Waals surface area contributed by atoms with E-state index in [-0.39, 0.29) is 10.6 Å². The molecule has 1 fully saturated rings. The molecule has 1 N–H and O–H groups in total. The first kappa shape index (κ1) is 30.0. The van der Waals surface area contributed by atoms with Crippen molar-refractivity contribution in [3.63, 3.8) is 0 Å². The number of ether oxygens (including phenoxy) is 2. The summed E-state index contributed by atoms with van der Waals surface area (Å²) in [6, 6.07) is 13.9. The minimum absolute atomic E-state index is 0.103. The van der Waals surface area contributed by atoms with Crippen molar-refractivity contribution >= 4 is 56.5 Å². The minimum atomic E-state index is -0.975. The zero-order valence-electron chi connectivity index (χ0n) is 21.9. The second kappa shape index (κ2) is 13.6. The molecule has 4 rings (SSSR count). The highest BCUT2D eigenvalue weighted by Crippen LogP contribution is 2.38. The SMILES string of the molecule is C=CCc1cc(/C=C2\SC(=O)N(CC(=O)Nc3ccc(F)cc3F)C2=O)cc(OCC)c1OCc1ccc(Br)cc1. The predicted molar refractivity (Wildman–Crippen MR) is 158 cm³/mol. The predicted octanol–water partition coefficient (Wildman–Crippen LogP) is 7.11. The smallest absolute Gasteiger partial charge is 0.294 e. The van der Waals surface area contributed by atoms with Gasteiger partial charge in [-0.3, -0.25) is 19.3 Å². The van der Waals surface area contributed by atoms with Crippen molar-refractivity contribution in [3.05, 3.63) is 105 Å². The topological polar surface area (TPSA) is 84.9 Å². The fraction of sp³-hybridized carbons (Fsp3) is 0.167. The summed E-state index contributed by atoms with van der Waals surface area (Å²) in [5.74, 6) is -2.24. The monoisotopic (exact) mass is 642 g/mol. The maximum Gasteiger partial charge on any atom is 0.294 e. The number of nitrogens with one attached hydrogen (secondary N) is 1. The normalized spacial score (nSPS) is 14.0. The van der Waals surface area contributed by atoms with E-state index in [1.165, 1.54) is 6.08 Å². The van der Waals surface area contributed by atoms with Crippen LogP contribution >= 0.6 is 27.7 Å². The van der Waals surface area contributed by atoms with Crippen LogP contribution in [0.1, 0.15) is 23.6 Å². The molecule has 1 aliphatic heterocycles. The van der Waals surface area contributed by atoms with Crippen LogP contribution in [0.3, 0.4) is 0 Å². The van der Waals surface area contributed by atoms with Gasteiger partial charge in [-0.15, -0.1) is 6.58 Å². The molecule has 11 heteroatoms. The molecular weight excluding hydrogens is 618 g/mol.